The fraction of sp³-hybridized carbons (Fsp3) is 0.667. The van der Waals surface area contributed by atoms with Crippen LogP contribution in [0.25, 0.3) is 0 Å². The Labute approximate surface area is 137 Å². The quantitative estimate of drug-likeness (QED) is 0.718. The molecule has 0 aromatic heterocycles. The predicted molar refractivity (Wildman–Crippen MR) is 92.8 cm³/mol. The molecule has 1 aliphatic carbocycles. The van der Waals surface area contributed by atoms with E-state index in [0.717, 1.165) is 35.7 Å². The second kappa shape index (κ2) is 8.79. The van der Waals surface area contributed by atoms with Crippen molar-refractivity contribution in [2.24, 2.45) is 5.92 Å². The van der Waals surface area contributed by atoms with Crippen molar-refractivity contribution in [2.75, 3.05) is 6.61 Å². The van der Waals surface area contributed by atoms with E-state index in [-0.39, 0.29) is 0 Å². The zero-order valence-electron chi connectivity index (χ0n) is 13.3. The molecule has 1 fully saturated rings. The van der Waals surface area contributed by atoms with Gasteiger partial charge in [0.15, 0.2) is 0 Å². The van der Waals surface area contributed by atoms with Gasteiger partial charge in [-0.2, -0.15) is 0 Å². The summed E-state index contributed by atoms with van der Waals surface area (Å²) in [6.45, 7) is 6.14. The van der Waals surface area contributed by atoms with Crippen LogP contribution in [-0.4, -0.2) is 12.6 Å². The van der Waals surface area contributed by atoms with Crippen molar-refractivity contribution in [3.63, 3.8) is 0 Å². The van der Waals surface area contributed by atoms with Gasteiger partial charge in [-0.25, -0.2) is 0 Å². The maximum Gasteiger partial charge on any atom is 0.123 e. The molecule has 1 N–H and O–H groups in total. The summed E-state index contributed by atoms with van der Waals surface area (Å²) in [5.74, 6) is 1.86. The molecule has 0 aliphatic heterocycles. The SMILES string of the molecule is CCCOc1ccc(Br)cc1CN[C@H](C)C1CCCCC1. The van der Waals surface area contributed by atoms with Gasteiger partial charge in [-0.3, -0.25) is 0 Å². The number of rotatable bonds is 7. The minimum absolute atomic E-state index is 0.586. The maximum absolute atomic E-state index is 5.86. The van der Waals surface area contributed by atoms with E-state index in [4.69, 9.17) is 4.74 Å². The Balaban J connectivity index is 1.92. The average Bonchev–Trinajstić information content (AvgIpc) is 2.52. The Morgan fingerprint density at radius 2 is 2.05 bits per heavy atom. The predicted octanol–water partition coefficient (Wildman–Crippen LogP) is 5.30. The van der Waals surface area contributed by atoms with E-state index in [1.54, 1.807) is 0 Å². The molecule has 118 valence electrons. The fourth-order valence-electron chi connectivity index (χ4n) is 3.11. The van der Waals surface area contributed by atoms with Crippen molar-refractivity contribution in [3.8, 4) is 5.75 Å². The molecule has 1 aliphatic rings. The van der Waals surface area contributed by atoms with E-state index in [2.05, 4.69) is 53.3 Å². The first-order valence-electron chi connectivity index (χ1n) is 8.35. The van der Waals surface area contributed by atoms with E-state index >= 15 is 0 Å². The first kappa shape index (κ1) is 16.8. The third-order valence-corrected chi connectivity index (χ3v) is 4.95. The molecule has 1 aromatic rings. The van der Waals surface area contributed by atoms with Crippen LogP contribution in [0.5, 0.6) is 5.75 Å². The summed E-state index contributed by atoms with van der Waals surface area (Å²) >= 11 is 3.56. The Morgan fingerprint density at radius 1 is 1.29 bits per heavy atom. The highest BCUT2D eigenvalue weighted by molar-refractivity contribution is 9.10. The molecule has 2 nitrogen and oxygen atoms in total. The lowest BCUT2D eigenvalue weighted by Crippen LogP contribution is -2.34. The van der Waals surface area contributed by atoms with Crippen molar-refractivity contribution in [1.29, 1.82) is 0 Å². The summed E-state index contributed by atoms with van der Waals surface area (Å²) < 4.78 is 6.98. The summed E-state index contributed by atoms with van der Waals surface area (Å²) in [4.78, 5) is 0. The lowest BCUT2D eigenvalue weighted by atomic mass is 9.84. The first-order chi connectivity index (χ1) is 10.2. The standard InChI is InChI=1S/C18H28BrNO/c1-3-11-21-18-10-9-17(19)12-16(18)13-20-14(2)15-7-5-4-6-8-15/h9-10,12,14-15,20H,3-8,11,13H2,1-2H3/t14-/m1/s1. The van der Waals surface area contributed by atoms with Gasteiger partial charge in [0.2, 0.25) is 0 Å². The average molecular weight is 354 g/mol. The third kappa shape index (κ3) is 5.30. The van der Waals surface area contributed by atoms with Gasteiger partial charge in [0.25, 0.3) is 0 Å². The lowest BCUT2D eigenvalue weighted by Gasteiger charge is -2.28. The highest BCUT2D eigenvalue weighted by Crippen LogP contribution is 2.27. The molecule has 0 amide bonds. The second-order valence-corrected chi connectivity index (χ2v) is 7.08. The number of benzene rings is 1. The largest absolute Gasteiger partial charge is 0.493 e. The maximum atomic E-state index is 5.86. The molecule has 1 aromatic carbocycles. The molecular weight excluding hydrogens is 326 g/mol. The summed E-state index contributed by atoms with van der Waals surface area (Å²) in [5, 5.41) is 3.71. The molecule has 3 heteroatoms. The summed E-state index contributed by atoms with van der Waals surface area (Å²) in [7, 11) is 0. The van der Waals surface area contributed by atoms with Gasteiger partial charge in [-0.1, -0.05) is 42.1 Å². The van der Waals surface area contributed by atoms with E-state index in [9.17, 15) is 0 Å². The Morgan fingerprint density at radius 3 is 2.76 bits per heavy atom. The van der Waals surface area contributed by atoms with Gasteiger partial charge in [-0.05, 0) is 50.3 Å². The monoisotopic (exact) mass is 353 g/mol. The molecule has 0 spiro atoms. The number of nitrogens with one attached hydrogen (secondary N) is 1. The van der Waals surface area contributed by atoms with Crippen LogP contribution in [0.3, 0.4) is 0 Å². The highest BCUT2D eigenvalue weighted by Gasteiger charge is 2.19. The van der Waals surface area contributed by atoms with Crippen LogP contribution >= 0.6 is 15.9 Å². The molecule has 0 radical (unpaired) electrons. The molecule has 0 bridgehead atoms. The normalized spacial score (nSPS) is 17.7. The van der Waals surface area contributed by atoms with Crippen LogP contribution in [0.15, 0.2) is 22.7 Å². The van der Waals surface area contributed by atoms with Crippen LogP contribution in [0.2, 0.25) is 0 Å². The lowest BCUT2D eigenvalue weighted by molar-refractivity contribution is 0.277. The third-order valence-electron chi connectivity index (χ3n) is 4.46. The molecule has 0 unspecified atom stereocenters. The number of hydrogen-bond acceptors (Lipinski definition) is 2. The van der Waals surface area contributed by atoms with Gasteiger partial charge in [0.05, 0.1) is 6.61 Å². The van der Waals surface area contributed by atoms with Crippen molar-refractivity contribution in [2.45, 2.75) is 65.0 Å². The zero-order chi connectivity index (χ0) is 15.1. The molecule has 0 heterocycles. The number of halogens is 1. The molecule has 1 atom stereocenters. The first-order valence-corrected chi connectivity index (χ1v) is 9.14. The van der Waals surface area contributed by atoms with Crippen molar-refractivity contribution < 1.29 is 4.74 Å². The molecular formula is C18H28BrNO. The van der Waals surface area contributed by atoms with Gasteiger partial charge in [-0.15, -0.1) is 0 Å². The van der Waals surface area contributed by atoms with E-state index in [0.29, 0.717) is 6.04 Å². The van der Waals surface area contributed by atoms with E-state index in [1.807, 2.05) is 0 Å². The fourth-order valence-corrected chi connectivity index (χ4v) is 3.52. The van der Waals surface area contributed by atoms with E-state index in [1.165, 1.54) is 37.7 Å². The Bertz CT molecular complexity index is 429. The summed E-state index contributed by atoms with van der Waals surface area (Å²) in [6, 6.07) is 6.88. The van der Waals surface area contributed by atoms with Crippen LogP contribution in [0, 0.1) is 5.92 Å². The number of hydrogen-bond donors (Lipinski definition) is 1. The minimum atomic E-state index is 0.586. The van der Waals surface area contributed by atoms with Crippen molar-refractivity contribution in [3.05, 3.63) is 28.2 Å². The topological polar surface area (TPSA) is 21.3 Å². The molecule has 21 heavy (non-hydrogen) atoms. The van der Waals surface area contributed by atoms with Crippen LogP contribution < -0.4 is 10.1 Å². The van der Waals surface area contributed by atoms with Crippen LogP contribution in [0.4, 0.5) is 0 Å². The number of ether oxygens (including phenoxy) is 1. The summed E-state index contributed by atoms with van der Waals surface area (Å²) in [6.07, 6.45) is 8.03. The smallest absolute Gasteiger partial charge is 0.123 e. The van der Waals surface area contributed by atoms with Gasteiger partial charge < -0.3 is 10.1 Å². The van der Waals surface area contributed by atoms with E-state index < -0.39 is 0 Å². The van der Waals surface area contributed by atoms with Gasteiger partial charge in [0.1, 0.15) is 5.75 Å². The van der Waals surface area contributed by atoms with Gasteiger partial charge in [0, 0.05) is 22.6 Å². The second-order valence-electron chi connectivity index (χ2n) is 6.17. The zero-order valence-corrected chi connectivity index (χ0v) is 14.9. The molecule has 1 saturated carbocycles. The molecule has 0 saturated heterocycles. The summed E-state index contributed by atoms with van der Waals surface area (Å²) in [5.41, 5.74) is 1.25. The van der Waals surface area contributed by atoms with Crippen LogP contribution in [0.1, 0.15) is 57.9 Å². The minimum Gasteiger partial charge on any atom is -0.493 e. The van der Waals surface area contributed by atoms with Crippen molar-refractivity contribution >= 4 is 15.9 Å². The Hall–Kier alpha value is -0.540. The Kier molecular flexibility index (Phi) is 7.05. The molecule has 2 rings (SSSR count). The highest BCUT2D eigenvalue weighted by atomic mass is 79.9. The van der Waals surface area contributed by atoms with Crippen molar-refractivity contribution in [1.82, 2.24) is 5.32 Å². The van der Waals surface area contributed by atoms with Gasteiger partial charge >= 0.3 is 0 Å². The van der Waals surface area contributed by atoms with Crippen LogP contribution in [-0.2, 0) is 6.54 Å².